The number of esters is 1. The Bertz CT molecular complexity index is 588. The second kappa shape index (κ2) is 6.77. The zero-order valence-corrected chi connectivity index (χ0v) is 11.1. The summed E-state index contributed by atoms with van der Waals surface area (Å²) in [5.41, 5.74) is 1.77. The average Bonchev–Trinajstić information content (AvgIpc) is 2.48. The summed E-state index contributed by atoms with van der Waals surface area (Å²) in [6.45, 7) is 1.15. The van der Waals surface area contributed by atoms with E-state index in [4.69, 9.17) is 0 Å². The van der Waals surface area contributed by atoms with Crippen LogP contribution in [0.5, 0.6) is 0 Å². The Kier molecular flexibility index (Phi) is 4.79. The molecule has 1 heterocycles. The van der Waals surface area contributed by atoms with Gasteiger partial charge in [0.05, 0.1) is 12.7 Å². The Balaban J connectivity index is 1.94. The number of aromatic nitrogens is 1. The average molecular weight is 274 g/mol. The number of halogens is 1. The monoisotopic (exact) mass is 274 g/mol. The number of hydrogen-bond donors (Lipinski definition) is 1. The van der Waals surface area contributed by atoms with Gasteiger partial charge in [-0.15, -0.1) is 0 Å². The van der Waals surface area contributed by atoms with Gasteiger partial charge in [-0.2, -0.15) is 0 Å². The summed E-state index contributed by atoms with van der Waals surface area (Å²) in [5, 5.41) is 3.19. The fourth-order valence-corrected chi connectivity index (χ4v) is 1.80. The van der Waals surface area contributed by atoms with E-state index in [1.807, 2.05) is 12.1 Å². The quantitative estimate of drug-likeness (QED) is 0.850. The zero-order chi connectivity index (χ0) is 14.4. The highest BCUT2D eigenvalue weighted by Gasteiger charge is 2.11. The van der Waals surface area contributed by atoms with Crippen LogP contribution in [0.4, 0.5) is 4.39 Å². The number of rotatable bonds is 5. The molecule has 5 heteroatoms. The molecule has 0 unspecified atom stereocenters. The van der Waals surface area contributed by atoms with Gasteiger partial charge in [-0.3, -0.25) is 4.98 Å². The minimum atomic E-state index is -0.669. The molecule has 0 bridgehead atoms. The fraction of sp³-hybridized carbons (Fsp3) is 0.200. The predicted molar refractivity (Wildman–Crippen MR) is 72.5 cm³/mol. The SMILES string of the molecule is COC(=O)c1ccc(CNCc2cccnc2)cc1F. The summed E-state index contributed by atoms with van der Waals surface area (Å²) < 4.78 is 18.2. The van der Waals surface area contributed by atoms with Crippen LogP contribution in [0, 0.1) is 5.82 Å². The molecule has 2 aromatic rings. The minimum absolute atomic E-state index is 0.0523. The van der Waals surface area contributed by atoms with Crippen molar-refractivity contribution in [1.82, 2.24) is 10.3 Å². The first-order valence-corrected chi connectivity index (χ1v) is 6.17. The molecule has 4 nitrogen and oxygen atoms in total. The van der Waals surface area contributed by atoms with Gasteiger partial charge >= 0.3 is 5.97 Å². The number of ether oxygens (including phenoxy) is 1. The van der Waals surface area contributed by atoms with E-state index < -0.39 is 11.8 Å². The topological polar surface area (TPSA) is 51.2 Å². The van der Waals surface area contributed by atoms with Gasteiger partial charge in [0.15, 0.2) is 0 Å². The van der Waals surface area contributed by atoms with Gasteiger partial charge in [-0.05, 0) is 29.3 Å². The first kappa shape index (κ1) is 14.1. The highest BCUT2D eigenvalue weighted by Crippen LogP contribution is 2.11. The van der Waals surface area contributed by atoms with Crippen molar-refractivity contribution in [2.24, 2.45) is 0 Å². The van der Waals surface area contributed by atoms with Crippen LogP contribution in [0.25, 0.3) is 0 Å². The molecule has 104 valence electrons. The minimum Gasteiger partial charge on any atom is -0.465 e. The number of nitrogens with one attached hydrogen (secondary N) is 1. The first-order valence-electron chi connectivity index (χ1n) is 6.17. The second-order valence-electron chi connectivity index (χ2n) is 4.27. The van der Waals surface area contributed by atoms with Crippen LogP contribution in [0.15, 0.2) is 42.7 Å². The molecule has 0 aliphatic carbocycles. The van der Waals surface area contributed by atoms with Crippen LogP contribution < -0.4 is 5.32 Å². The van der Waals surface area contributed by atoms with E-state index in [2.05, 4.69) is 15.0 Å². The second-order valence-corrected chi connectivity index (χ2v) is 4.27. The third-order valence-corrected chi connectivity index (χ3v) is 2.82. The maximum atomic E-state index is 13.7. The Morgan fingerprint density at radius 2 is 2.10 bits per heavy atom. The van der Waals surface area contributed by atoms with Gasteiger partial charge in [0, 0.05) is 25.5 Å². The summed E-state index contributed by atoms with van der Waals surface area (Å²) in [4.78, 5) is 15.3. The van der Waals surface area contributed by atoms with E-state index in [0.717, 1.165) is 11.1 Å². The molecule has 0 spiro atoms. The van der Waals surface area contributed by atoms with Gasteiger partial charge in [0.25, 0.3) is 0 Å². The molecule has 0 saturated carbocycles. The molecular weight excluding hydrogens is 259 g/mol. The molecule has 0 saturated heterocycles. The van der Waals surface area contributed by atoms with Crippen molar-refractivity contribution in [2.45, 2.75) is 13.1 Å². The van der Waals surface area contributed by atoms with E-state index in [1.165, 1.54) is 19.2 Å². The van der Waals surface area contributed by atoms with Crippen molar-refractivity contribution in [2.75, 3.05) is 7.11 Å². The summed E-state index contributed by atoms with van der Waals surface area (Å²) in [6, 6.07) is 8.29. The molecule has 0 atom stereocenters. The Morgan fingerprint density at radius 1 is 1.30 bits per heavy atom. The molecule has 2 rings (SSSR count). The van der Waals surface area contributed by atoms with Crippen LogP contribution in [0.3, 0.4) is 0 Å². The van der Waals surface area contributed by atoms with Crippen molar-refractivity contribution < 1.29 is 13.9 Å². The molecule has 1 aromatic heterocycles. The van der Waals surface area contributed by atoms with Gasteiger partial charge in [0.1, 0.15) is 5.82 Å². The predicted octanol–water partition coefficient (Wildman–Crippen LogP) is 2.30. The highest BCUT2D eigenvalue weighted by atomic mass is 19.1. The summed E-state index contributed by atoms with van der Waals surface area (Å²) >= 11 is 0. The number of hydrogen-bond acceptors (Lipinski definition) is 4. The molecule has 0 radical (unpaired) electrons. The fourth-order valence-electron chi connectivity index (χ4n) is 1.80. The maximum absolute atomic E-state index is 13.7. The van der Waals surface area contributed by atoms with Crippen molar-refractivity contribution in [3.05, 3.63) is 65.2 Å². The number of nitrogens with zero attached hydrogens (tertiary/aromatic N) is 1. The third kappa shape index (κ3) is 3.61. The number of carbonyl (C=O) groups excluding carboxylic acids is 1. The van der Waals surface area contributed by atoms with Gasteiger partial charge < -0.3 is 10.1 Å². The zero-order valence-electron chi connectivity index (χ0n) is 11.1. The van der Waals surface area contributed by atoms with Crippen LogP contribution in [-0.4, -0.2) is 18.1 Å². The van der Waals surface area contributed by atoms with Crippen LogP contribution in [0.1, 0.15) is 21.5 Å². The van der Waals surface area contributed by atoms with Gasteiger partial charge in [-0.25, -0.2) is 9.18 Å². The van der Waals surface area contributed by atoms with Crippen molar-refractivity contribution >= 4 is 5.97 Å². The first-order chi connectivity index (χ1) is 9.70. The van der Waals surface area contributed by atoms with Gasteiger partial charge in [0.2, 0.25) is 0 Å². The van der Waals surface area contributed by atoms with E-state index in [-0.39, 0.29) is 5.56 Å². The van der Waals surface area contributed by atoms with E-state index in [0.29, 0.717) is 13.1 Å². The van der Waals surface area contributed by atoms with Crippen molar-refractivity contribution in [3.8, 4) is 0 Å². The lowest BCUT2D eigenvalue weighted by Crippen LogP contribution is -2.13. The summed E-state index contributed by atoms with van der Waals surface area (Å²) in [6.07, 6.45) is 3.48. The third-order valence-electron chi connectivity index (χ3n) is 2.82. The number of benzene rings is 1. The number of pyridine rings is 1. The normalized spacial score (nSPS) is 10.3. The molecule has 0 fully saturated rings. The molecule has 0 aliphatic rings. The highest BCUT2D eigenvalue weighted by molar-refractivity contribution is 5.89. The molecular formula is C15H15FN2O2. The Labute approximate surface area is 116 Å². The largest absolute Gasteiger partial charge is 0.465 e. The maximum Gasteiger partial charge on any atom is 0.340 e. The Hall–Kier alpha value is -2.27. The van der Waals surface area contributed by atoms with Crippen molar-refractivity contribution in [1.29, 1.82) is 0 Å². The lowest BCUT2D eigenvalue weighted by atomic mass is 10.1. The Morgan fingerprint density at radius 3 is 2.75 bits per heavy atom. The van der Waals surface area contributed by atoms with Crippen LogP contribution >= 0.6 is 0 Å². The van der Waals surface area contributed by atoms with Crippen LogP contribution in [0.2, 0.25) is 0 Å². The van der Waals surface area contributed by atoms with E-state index >= 15 is 0 Å². The van der Waals surface area contributed by atoms with Crippen molar-refractivity contribution in [3.63, 3.8) is 0 Å². The summed E-state index contributed by atoms with van der Waals surface area (Å²) in [7, 11) is 1.23. The lowest BCUT2D eigenvalue weighted by molar-refractivity contribution is 0.0595. The molecule has 0 aliphatic heterocycles. The van der Waals surface area contributed by atoms with Crippen LogP contribution in [-0.2, 0) is 17.8 Å². The molecule has 0 amide bonds. The van der Waals surface area contributed by atoms with E-state index in [1.54, 1.807) is 18.5 Å². The standard InChI is InChI=1S/C15H15FN2O2/c1-20-15(19)13-5-4-11(7-14(13)16)8-18-10-12-3-2-6-17-9-12/h2-7,9,18H,8,10H2,1H3. The smallest absolute Gasteiger partial charge is 0.340 e. The molecule has 20 heavy (non-hydrogen) atoms. The lowest BCUT2D eigenvalue weighted by Gasteiger charge is -2.07. The molecule has 1 N–H and O–H groups in total. The summed E-state index contributed by atoms with van der Waals surface area (Å²) in [5.74, 6) is -1.24. The van der Waals surface area contributed by atoms with Gasteiger partial charge in [-0.1, -0.05) is 12.1 Å². The van der Waals surface area contributed by atoms with E-state index in [9.17, 15) is 9.18 Å². The number of methoxy groups -OCH3 is 1. The number of carbonyl (C=O) groups is 1. The molecule has 1 aromatic carbocycles.